The summed E-state index contributed by atoms with van der Waals surface area (Å²) in [4.78, 5) is 35.5. The minimum absolute atomic E-state index is 0.00891. The zero-order chi connectivity index (χ0) is 26.4. The second-order valence-electron chi connectivity index (χ2n) is 12.6. The van der Waals surface area contributed by atoms with Crippen LogP contribution >= 0.6 is 0 Å². The summed E-state index contributed by atoms with van der Waals surface area (Å²) in [6.07, 6.45) is 5.68. The maximum atomic E-state index is 13.8. The number of morpholine rings is 1. The van der Waals surface area contributed by atoms with Crippen molar-refractivity contribution in [3.63, 3.8) is 0 Å². The van der Waals surface area contributed by atoms with Gasteiger partial charge in [-0.2, -0.15) is 0 Å². The Labute approximate surface area is 220 Å². The van der Waals surface area contributed by atoms with Crippen molar-refractivity contribution in [2.75, 3.05) is 39.3 Å². The SMILES string of the molecule is CC(C)(C)c1cc(C2CCCCC2)nc2cc(C(=O)N3CCN(C(=O)[C@H]4CNCCO4)CC3(C)C)oc12. The predicted octanol–water partition coefficient (Wildman–Crippen LogP) is 4.22. The van der Waals surface area contributed by atoms with E-state index in [0.717, 1.165) is 23.3 Å². The number of carbonyl (C=O) groups excluding carboxylic acids is 2. The fourth-order valence-corrected chi connectivity index (χ4v) is 6.09. The second-order valence-corrected chi connectivity index (χ2v) is 12.6. The number of ether oxygens (including phenoxy) is 1. The summed E-state index contributed by atoms with van der Waals surface area (Å²) >= 11 is 0. The minimum atomic E-state index is -0.542. The molecule has 202 valence electrons. The van der Waals surface area contributed by atoms with E-state index in [1.807, 2.05) is 29.7 Å². The van der Waals surface area contributed by atoms with Crippen molar-refractivity contribution in [1.29, 1.82) is 0 Å². The highest BCUT2D eigenvalue weighted by Crippen LogP contribution is 2.38. The average molecular weight is 511 g/mol. The summed E-state index contributed by atoms with van der Waals surface area (Å²) < 4.78 is 12.0. The van der Waals surface area contributed by atoms with Gasteiger partial charge in [-0.15, -0.1) is 0 Å². The van der Waals surface area contributed by atoms with Crippen molar-refractivity contribution >= 4 is 22.9 Å². The Morgan fingerprint density at radius 2 is 1.86 bits per heavy atom. The van der Waals surface area contributed by atoms with Gasteiger partial charge in [0.15, 0.2) is 11.3 Å². The van der Waals surface area contributed by atoms with Crippen LogP contribution in [0.15, 0.2) is 16.5 Å². The molecule has 4 heterocycles. The number of aromatic nitrogens is 1. The van der Waals surface area contributed by atoms with Crippen LogP contribution in [0.25, 0.3) is 11.1 Å². The standard InChI is InChI=1S/C29H42N4O4/c1-28(2,3)20-15-21(19-9-7-6-8-10-19)31-22-16-23(37-25(20)22)27(35)33-13-12-32(18-29(33,4)5)26(34)24-17-30-11-14-36-24/h15-16,19,24,30H,6-14,17-18H2,1-5H3/t24-/m1/s1. The molecule has 0 spiro atoms. The lowest BCUT2D eigenvalue weighted by molar-refractivity contribution is -0.149. The third-order valence-electron chi connectivity index (χ3n) is 8.20. The molecule has 0 aromatic carbocycles. The van der Waals surface area contributed by atoms with Gasteiger partial charge in [-0.25, -0.2) is 4.98 Å². The van der Waals surface area contributed by atoms with Crippen molar-refractivity contribution < 1.29 is 18.7 Å². The molecule has 2 amide bonds. The molecular weight excluding hydrogens is 468 g/mol. The number of hydrogen-bond donors (Lipinski definition) is 1. The van der Waals surface area contributed by atoms with Gasteiger partial charge in [0, 0.05) is 56.0 Å². The maximum Gasteiger partial charge on any atom is 0.290 e. The number of amides is 2. The van der Waals surface area contributed by atoms with Crippen LogP contribution in [-0.4, -0.2) is 77.6 Å². The van der Waals surface area contributed by atoms with Crippen molar-refractivity contribution in [3.8, 4) is 0 Å². The van der Waals surface area contributed by atoms with Gasteiger partial charge >= 0.3 is 0 Å². The van der Waals surface area contributed by atoms with Gasteiger partial charge < -0.3 is 24.3 Å². The topological polar surface area (TPSA) is 87.9 Å². The van der Waals surface area contributed by atoms with E-state index in [1.165, 1.54) is 32.1 Å². The fourth-order valence-electron chi connectivity index (χ4n) is 6.09. The average Bonchev–Trinajstić information content (AvgIpc) is 3.31. The van der Waals surface area contributed by atoms with Gasteiger partial charge in [-0.05, 0) is 38.2 Å². The molecule has 3 fully saturated rings. The van der Waals surface area contributed by atoms with E-state index in [1.54, 1.807) is 0 Å². The van der Waals surface area contributed by atoms with E-state index in [0.29, 0.717) is 50.0 Å². The molecule has 1 N–H and O–H groups in total. The zero-order valence-corrected chi connectivity index (χ0v) is 23.1. The molecule has 8 heteroatoms. The highest BCUT2D eigenvalue weighted by atomic mass is 16.5. The molecule has 1 atom stereocenters. The highest BCUT2D eigenvalue weighted by molar-refractivity contribution is 5.96. The van der Waals surface area contributed by atoms with Gasteiger partial charge in [0.05, 0.1) is 12.1 Å². The molecule has 5 rings (SSSR count). The summed E-state index contributed by atoms with van der Waals surface area (Å²) in [5.74, 6) is 0.637. The van der Waals surface area contributed by atoms with Gasteiger partial charge in [-0.1, -0.05) is 40.0 Å². The number of piperazine rings is 1. The number of hydrogen-bond acceptors (Lipinski definition) is 6. The van der Waals surface area contributed by atoms with Gasteiger partial charge in [0.1, 0.15) is 11.6 Å². The van der Waals surface area contributed by atoms with Gasteiger partial charge in [-0.3, -0.25) is 9.59 Å². The van der Waals surface area contributed by atoms with E-state index in [-0.39, 0.29) is 17.2 Å². The monoisotopic (exact) mass is 510 g/mol. The molecule has 37 heavy (non-hydrogen) atoms. The molecule has 0 bridgehead atoms. The molecular formula is C29H42N4O4. The van der Waals surface area contributed by atoms with Gasteiger partial charge in [0.2, 0.25) is 0 Å². The number of nitrogens with zero attached hydrogens (tertiary/aromatic N) is 3. The van der Waals surface area contributed by atoms with Crippen LogP contribution in [0.3, 0.4) is 0 Å². The molecule has 2 aromatic rings. The van der Waals surface area contributed by atoms with Gasteiger partial charge in [0.25, 0.3) is 11.8 Å². The summed E-state index contributed by atoms with van der Waals surface area (Å²) in [6, 6.07) is 4.04. The quantitative estimate of drug-likeness (QED) is 0.665. The van der Waals surface area contributed by atoms with E-state index in [2.05, 4.69) is 32.2 Å². The smallest absolute Gasteiger partial charge is 0.290 e. The van der Waals surface area contributed by atoms with Crippen LogP contribution < -0.4 is 5.32 Å². The van der Waals surface area contributed by atoms with Crippen molar-refractivity contribution in [2.24, 2.45) is 0 Å². The maximum absolute atomic E-state index is 13.8. The number of carbonyl (C=O) groups is 2. The second kappa shape index (κ2) is 10.0. The molecule has 1 saturated carbocycles. The molecule has 2 aliphatic heterocycles. The molecule has 1 aliphatic carbocycles. The Balaban J connectivity index is 1.40. The van der Waals surface area contributed by atoms with Crippen LogP contribution in [0, 0.1) is 0 Å². The molecule has 2 aromatic heterocycles. The first-order valence-electron chi connectivity index (χ1n) is 13.9. The first kappa shape index (κ1) is 26.2. The first-order valence-corrected chi connectivity index (χ1v) is 13.9. The highest BCUT2D eigenvalue weighted by Gasteiger charge is 2.41. The molecule has 8 nitrogen and oxygen atoms in total. The number of nitrogens with one attached hydrogen (secondary N) is 1. The van der Waals surface area contributed by atoms with E-state index >= 15 is 0 Å². The Morgan fingerprint density at radius 1 is 1.11 bits per heavy atom. The van der Waals surface area contributed by atoms with Crippen molar-refractivity contribution in [2.45, 2.75) is 89.7 Å². The number of fused-ring (bicyclic) bond motifs is 1. The van der Waals surface area contributed by atoms with E-state index in [9.17, 15) is 9.59 Å². The molecule has 0 unspecified atom stereocenters. The largest absolute Gasteiger partial charge is 0.449 e. The Morgan fingerprint density at radius 3 is 2.51 bits per heavy atom. The first-order chi connectivity index (χ1) is 17.5. The summed E-state index contributed by atoms with van der Waals surface area (Å²) in [7, 11) is 0. The van der Waals surface area contributed by atoms with E-state index < -0.39 is 11.6 Å². The van der Waals surface area contributed by atoms with E-state index in [4.69, 9.17) is 14.1 Å². The Bertz CT molecular complexity index is 1150. The lowest BCUT2D eigenvalue weighted by atomic mass is 9.82. The normalized spacial score (nSPS) is 23.4. The lowest BCUT2D eigenvalue weighted by Crippen LogP contribution is -2.64. The van der Waals surface area contributed by atoms with Crippen molar-refractivity contribution in [1.82, 2.24) is 20.1 Å². The lowest BCUT2D eigenvalue weighted by Gasteiger charge is -2.47. The number of furan rings is 1. The van der Waals surface area contributed by atoms with Crippen LogP contribution in [0.5, 0.6) is 0 Å². The summed E-state index contributed by atoms with van der Waals surface area (Å²) in [5, 5.41) is 3.22. The van der Waals surface area contributed by atoms with Crippen LogP contribution in [0.2, 0.25) is 0 Å². The summed E-state index contributed by atoms with van der Waals surface area (Å²) in [5.41, 5.74) is 3.04. The fraction of sp³-hybridized carbons (Fsp3) is 0.690. The van der Waals surface area contributed by atoms with Crippen LogP contribution in [0.1, 0.15) is 94.5 Å². The predicted molar refractivity (Wildman–Crippen MR) is 143 cm³/mol. The number of rotatable bonds is 3. The van der Waals surface area contributed by atoms with Crippen LogP contribution in [-0.2, 0) is 14.9 Å². The van der Waals surface area contributed by atoms with Crippen LogP contribution in [0.4, 0.5) is 0 Å². The zero-order valence-electron chi connectivity index (χ0n) is 23.1. The minimum Gasteiger partial charge on any atom is -0.449 e. The summed E-state index contributed by atoms with van der Waals surface area (Å²) in [6.45, 7) is 13.8. The molecule has 2 saturated heterocycles. The molecule has 3 aliphatic rings. The third kappa shape index (κ3) is 5.28. The Kier molecular flexibility index (Phi) is 7.09. The Hall–Kier alpha value is -2.45. The third-order valence-corrected chi connectivity index (χ3v) is 8.20. The number of pyridine rings is 1. The molecule has 0 radical (unpaired) electrons. The van der Waals surface area contributed by atoms with Crippen molar-refractivity contribution in [3.05, 3.63) is 29.2 Å².